The van der Waals surface area contributed by atoms with E-state index in [9.17, 15) is 9.59 Å². The normalized spacial score (nSPS) is 13.6. The van der Waals surface area contributed by atoms with E-state index in [4.69, 9.17) is 10.8 Å². The van der Waals surface area contributed by atoms with Gasteiger partial charge in [0.1, 0.15) is 0 Å². The summed E-state index contributed by atoms with van der Waals surface area (Å²) in [6.45, 7) is 1.97. The van der Waals surface area contributed by atoms with Gasteiger partial charge in [-0.2, -0.15) is 0 Å². The van der Waals surface area contributed by atoms with Gasteiger partial charge in [0.2, 0.25) is 5.91 Å². The lowest BCUT2D eigenvalue weighted by atomic mass is 10.0. The predicted octanol–water partition coefficient (Wildman–Crippen LogP) is 0.926. The van der Waals surface area contributed by atoms with Crippen LogP contribution in [0.1, 0.15) is 25.3 Å². The van der Waals surface area contributed by atoms with Crippen LogP contribution in [-0.2, 0) is 16.0 Å². The Morgan fingerprint density at radius 1 is 1.32 bits per heavy atom. The van der Waals surface area contributed by atoms with Crippen molar-refractivity contribution in [2.24, 2.45) is 5.73 Å². The quantitative estimate of drug-likeness (QED) is 0.683. The van der Waals surface area contributed by atoms with Crippen molar-refractivity contribution in [3.8, 4) is 0 Å². The molecule has 104 valence electrons. The van der Waals surface area contributed by atoms with Crippen LogP contribution in [0.3, 0.4) is 0 Å². The van der Waals surface area contributed by atoms with Crippen molar-refractivity contribution in [3.63, 3.8) is 0 Å². The van der Waals surface area contributed by atoms with Crippen LogP contribution in [0.25, 0.3) is 0 Å². The van der Waals surface area contributed by atoms with Gasteiger partial charge in [-0.3, -0.25) is 9.59 Å². The molecule has 1 aromatic carbocycles. The number of carbonyl (C=O) groups excluding carboxylic acids is 1. The molecule has 0 aromatic heterocycles. The molecule has 1 aromatic rings. The molecule has 0 spiro atoms. The minimum absolute atomic E-state index is 0.0326. The molecule has 1 rings (SSSR count). The van der Waals surface area contributed by atoms with Crippen LogP contribution in [0.2, 0.25) is 0 Å². The van der Waals surface area contributed by atoms with Crippen molar-refractivity contribution in [2.45, 2.75) is 38.3 Å². The highest BCUT2D eigenvalue weighted by Crippen LogP contribution is 2.06. The Balaban J connectivity index is 2.52. The number of nitrogens with one attached hydrogen (secondary N) is 1. The number of carboxylic acids is 1. The first kappa shape index (κ1) is 15.2. The molecule has 1 amide bonds. The minimum Gasteiger partial charge on any atom is -0.481 e. The zero-order chi connectivity index (χ0) is 14.3. The molecule has 0 aliphatic heterocycles. The Bertz CT molecular complexity index is 420. The van der Waals surface area contributed by atoms with Gasteiger partial charge in [-0.1, -0.05) is 37.3 Å². The van der Waals surface area contributed by atoms with Gasteiger partial charge in [0.25, 0.3) is 0 Å². The van der Waals surface area contributed by atoms with Gasteiger partial charge in [-0.15, -0.1) is 0 Å². The average molecular weight is 264 g/mol. The highest BCUT2D eigenvalue weighted by Gasteiger charge is 2.19. The second kappa shape index (κ2) is 7.53. The molecule has 19 heavy (non-hydrogen) atoms. The number of nitrogens with two attached hydrogens (primary N) is 1. The van der Waals surface area contributed by atoms with Crippen LogP contribution < -0.4 is 11.1 Å². The smallest absolute Gasteiger partial charge is 0.305 e. The molecule has 0 fully saturated rings. The van der Waals surface area contributed by atoms with Gasteiger partial charge < -0.3 is 16.2 Å². The van der Waals surface area contributed by atoms with Crippen molar-refractivity contribution in [1.82, 2.24) is 5.32 Å². The summed E-state index contributed by atoms with van der Waals surface area (Å²) in [6.07, 6.45) is 1.12. The van der Waals surface area contributed by atoms with Crippen molar-refractivity contribution >= 4 is 11.9 Å². The van der Waals surface area contributed by atoms with E-state index in [1.165, 1.54) is 0 Å². The van der Waals surface area contributed by atoms with Gasteiger partial charge >= 0.3 is 5.97 Å². The van der Waals surface area contributed by atoms with E-state index in [1.54, 1.807) is 0 Å². The molecule has 0 bridgehead atoms. The highest BCUT2D eigenvalue weighted by molar-refractivity contribution is 5.86. The SMILES string of the molecule is CC[C@@H](Cc1ccccc1)NC(=O)[C@@H](N)CC(=O)O. The molecule has 5 heteroatoms. The predicted molar refractivity (Wildman–Crippen MR) is 72.6 cm³/mol. The third kappa shape index (κ3) is 5.52. The molecule has 0 unspecified atom stereocenters. The maximum atomic E-state index is 11.7. The van der Waals surface area contributed by atoms with E-state index in [2.05, 4.69) is 5.32 Å². The number of carboxylic acid groups (broad SMARTS) is 1. The van der Waals surface area contributed by atoms with Gasteiger partial charge in [-0.05, 0) is 18.4 Å². The molecule has 2 atom stereocenters. The van der Waals surface area contributed by atoms with Crippen molar-refractivity contribution in [2.75, 3.05) is 0 Å². The van der Waals surface area contributed by atoms with Crippen molar-refractivity contribution < 1.29 is 14.7 Å². The Morgan fingerprint density at radius 3 is 2.47 bits per heavy atom. The highest BCUT2D eigenvalue weighted by atomic mass is 16.4. The van der Waals surface area contributed by atoms with Gasteiger partial charge in [0, 0.05) is 6.04 Å². The van der Waals surface area contributed by atoms with Crippen LogP contribution in [0, 0.1) is 0 Å². The number of carbonyl (C=O) groups is 2. The average Bonchev–Trinajstić information content (AvgIpc) is 2.38. The summed E-state index contributed by atoms with van der Waals surface area (Å²) >= 11 is 0. The summed E-state index contributed by atoms with van der Waals surface area (Å²) in [5.41, 5.74) is 6.65. The monoisotopic (exact) mass is 264 g/mol. The summed E-state index contributed by atoms with van der Waals surface area (Å²) in [5, 5.41) is 11.4. The number of aliphatic carboxylic acids is 1. The van der Waals surface area contributed by atoms with E-state index < -0.39 is 17.9 Å². The lowest BCUT2D eigenvalue weighted by molar-refractivity contribution is -0.139. The van der Waals surface area contributed by atoms with Crippen LogP contribution in [-0.4, -0.2) is 29.1 Å². The number of benzene rings is 1. The largest absolute Gasteiger partial charge is 0.481 e. The summed E-state index contributed by atoms with van der Waals surface area (Å²) in [5.74, 6) is -1.48. The van der Waals surface area contributed by atoms with Crippen LogP contribution in [0.4, 0.5) is 0 Å². The maximum Gasteiger partial charge on any atom is 0.305 e. The molecule has 0 aliphatic rings. The Kier molecular flexibility index (Phi) is 6.02. The van der Waals surface area contributed by atoms with Crippen LogP contribution >= 0.6 is 0 Å². The first-order chi connectivity index (χ1) is 9.02. The first-order valence-electron chi connectivity index (χ1n) is 6.34. The standard InChI is InChI=1S/C14H20N2O3/c1-2-11(8-10-6-4-3-5-7-10)16-14(19)12(15)9-13(17)18/h3-7,11-12H,2,8-9,15H2,1H3,(H,16,19)(H,17,18)/t11-,12-/m0/s1. The van der Waals surface area contributed by atoms with Crippen LogP contribution in [0.15, 0.2) is 30.3 Å². The maximum absolute atomic E-state index is 11.7. The third-order valence-corrected chi connectivity index (χ3v) is 2.90. The summed E-state index contributed by atoms with van der Waals surface area (Å²) in [6, 6.07) is 8.78. The van der Waals surface area contributed by atoms with Crippen molar-refractivity contribution in [3.05, 3.63) is 35.9 Å². The fraction of sp³-hybridized carbons (Fsp3) is 0.429. The van der Waals surface area contributed by atoms with E-state index in [-0.39, 0.29) is 12.5 Å². The molecule has 0 aliphatic carbocycles. The Hall–Kier alpha value is -1.88. The van der Waals surface area contributed by atoms with Gasteiger partial charge in [-0.25, -0.2) is 0 Å². The van der Waals surface area contributed by atoms with Gasteiger partial charge in [0.15, 0.2) is 0 Å². The molecule has 4 N–H and O–H groups in total. The Labute approximate surface area is 112 Å². The molecule has 0 saturated carbocycles. The van der Waals surface area contributed by atoms with E-state index >= 15 is 0 Å². The lowest BCUT2D eigenvalue weighted by Gasteiger charge is -2.19. The molecule has 0 saturated heterocycles. The van der Waals surface area contributed by atoms with E-state index in [1.807, 2.05) is 37.3 Å². The fourth-order valence-corrected chi connectivity index (χ4v) is 1.79. The first-order valence-corrected chi connectivity index (χ1v) is 6.34. The number of hydrogen-bond acceptors (Lipinski definition) is 3. The molecular weight excluding hydrogens is 244 g/mol. The zero-order valence-electron chi connectivity index (χ0n) is 11.0. The van der Waals surface area contributed by atoms with E-state index in [0.717, 1.165) is 12.0 Å². The number of amides is 1. The molecular formula is C14H20N2O3. The lowest BCUT2D eigenvalue weighted by Crippen LogP contribution is -2.46. The summed E-state index contributed by atoms with van der Waals surface area (Å²) < 4.78 is 0. The fourth-order valence-electron chi connectivity index (χ4n) is 1.79. The molecule has 0 radical (unpaired) electrons. The van der Waals surface area contributed by atoms with Crippen LogP contribution in [0.5, 0.6) is 0 Å². The van der Waals surface area contributed by atoms with Crippen molar-refractivity contribution in [1.29, 1.82) is 0 Å². The second-order valence-corrected chi connectivity index (χ2v) is 4.51. The molecule has 5 nitrogen and oxygen atoms in total. The molecule has 0 heterocycles. The summed E-state index contributed by atoms with van der Waals surface area (Å²) in [4.78, 5) is 22.2. The minimum atomic E-state index is -1.07. The zero-order valence-corrected chi connectivity index (χ0v) is 11.0. The number of hydrogen-bond donors (Lipinski definition) is 3. The summed E-state index contributed by atoms with van der Waals surface area (Å²) in [7, 11) is 0. The number of rotatable bonds is 7. The Morgan fingerprint density at radius 2 is 1.95 bits per heavy atom. The topological polar surface area (TPSA) is 92.4 Å². The van der Waals surface area contributed by atoms with Gasteiger partial charge in [0.05, 0.1) is 12.5 Å². The third-order valence-electron chi connectivity index (χ3n) is 2.90. The second-order valence-electron chi connectivity index (χ2n) is 4.51. The van der Waals surface area contributed by atoms with E-state index in [0.29, 0.717) is 6.42 Å².